The summed E-state index contributed by atoms with van der Waals surface area (Å²) in [6.45, 7) is 0. The molecule has 156 valence electrons. The number of hydrogen-bond acceptors (Lipinski definition) is 3. The Balaban J connectivity index is 1.88. The summed E-state index contributed by atoms with van der Waals surface area (Å²) in [4.78, 5) is 29.3. The lowest BCUT2D eigenvalue weighted by atomic mass is 10.1. The van der Waals surface area contributed by atoms with Crippen molar-refractivity contribution in [2.45, 2.75) is 25.1 Å². The van der Waals surface area contributed by atoms with E-state index in [1.807, 2.05) is 5.32 Å². The second-order valence-corrected chi connectivity index (χ2v) is 7.02. The molecule has 5 nitrogen and oxygen atoms in total. The number of aromatic nitrogens is 2. The smallest absolute Gasteiger partial charge is 0.340 e. The highest BCUT2D eigenvalue weighted by molar-refractivity contribution is 5.97. The third-order valence-electron chi connectivity index (χ3n) is 4.92. The molecule has 1 aliphatic rings. The first-order valence-electron chi connectivity index (χ1n) is 9.01. The molecule has 1 amide bonds. The van der Waals surface area contributed by atoms with Crippen molar-refractivity contribution in [2.24, 2.45) is 5.92 Å². The van der Waals surface area contributed by atoms with Gasteiger partial charge >= 0.3 is 6.18 Å². The molecule has 3 aromatic rings. The Hall–Kier alpha value is -3.30. The van der Waals surface area contributed by atoms with E-state index in [4.69, 9.17) is 0 Å². The fourth-order valence-corrected chi connectivity index (χ4v) is 3.33. The van der Waals surface area contributed by atoms with Crippen molar-refractivity contribution in [1.29, 1.82) is 0 Å². The van der Waals surface area contributed by atoms with Crippen LogP contribution in [0, 0.1) is 17.6 Å². The van der Waals surface area contributed by atoms with Crippen molar-refractivity contribution in [3.05, 3.63) is 70.1 Å². The predicted octanol–water partition coefficient (Wildman–Crippen LogP) is 3.73. The second-order valence-electron chi connectivity index (χ2n) is 7.02. The van der Waals surface area contributed by atoms with Gasteiger partial charge in [-0.2, -0.15) is 13.2 Å². The zero-order chi connectivity index (χ0) is 21.6. The lowest BCUT2D eigenvalue weighted by Gasteiger charge is -2.21. The quantitative estimate of drug-likeness (QED) is 0.651. The summed E-state index contributed by atoms with van der Waals surface area (Å²) < 4.78 is 69.4. The van der Waals surface area contributed by atoms with Crippen molar-refractivity contribution in [1.82, 2.24) is 14.9 Å². The van der Waals surface area contributed by atoms with Gasteiger partial charge in [0.25, 0.3) is 5.91 Å². The molecule has 1 aliphatic carbocycles. The summed E-state index contributed by atoms with van der Waals surface area (Å²) in [5.41, 5.74) is -2.31. The van der Waals surface area contributed by atoms with Crippen LogP contribution in [0.15, 0.2) is 47.5 Å². The van der Waals surface area contributed by atoms with Crippen molar-refractivity contribution in [3.8, 4) is 5.69 Å². The Bertz CT molecular complexity index is 1180. The van der Waals surface area contributed by atoms with Crippen molar-refractivity contribution in [2.75, 3.05) is 0 Å². The Kier molecular flexibility index (Phi) is 4.79. The molecule has 0 radical (unpaired) electrons. The summed E-state index contributed by atoms with van der Waals surface area (Å²) in [5, 5.41) is 1.70. The first kappa shape index (κ1) is 20.0. The SMILES string of the molecule is O=C(NC(C1CC1)C(F)(F)F)c1cn(-c2c(F)cccc2F)c2ncccc2c1=O. The van der Waals surface area contributed by atoms with Gasteiger partial charge in [0.2, 0.25) is 5.43 Å². The van der Waals surface area contributed by atoms with Gasteiger partial charge in [-0.3, -0.25) is 14.2 Å². The summed E-state index contributed by atoms with van der Waals surface area (Å²) >= 11 is 0. The van der Waals surface area contributed by atoms with E-state index < -0.39 is 52.4 Å². The third-order valence-corrected chi connectivity index (χ3v) is 4.92. The highest BCUT2D eigenvalue weighted by Gasteiger charge is 2.49. The predicted molar refractivity (Wildman–Crippen MR) is 97.3 cm³/mol. The van der Waals surface area contributed by atoms with E-state index in [2.05, 4.69) is 4.98 Å². The van der Waals surface area contributed by atoms with E-state index in [9.17, 15) is 31.5 Å². The number of para-hydroxylation sites is 1. The number of carbonyl (C=O) groups excluding carboxylic acids is 1. The highest BCUT2D eigenvalue weighted by Crippen LogP contribution is 2.40. The number of alkyl halides is 3. The van der Waals surface area contributed by atoms with E-state index in [1.54, 1.807) is 0 Å². The Labute approximate surface area is 166 Å². The fourth-order valence-electron chi connectivity index (χ4n) is 3.33. The Morgan fingerprint density at radius 2 is 1.80 bits per heavy atom. The van der Waals surface area contributed by atoms with Crippen LogP contribution in [-0.4, -0.2) is 27.7 Å². The molecule has 1 aromatic carbocycles. The van der Waals surface area contributed by atoms with Gasteiger partial charge in [0, 0.05) is 12.4 Å². The second kappa shape index (κ2) is 7.19. The van der Waals surface area contributed by atoms with Crippen LogP contribution < -0.4 is 10.7 Å². The Morgan fingerprint density at radius 1 is 1.13 bits per heavy atom. The summed E-state index contributed by atoms with van der Waals surface area (Å²) in [7, 11) is 0. The van der Waals surface area contributed by atoms with Crippen LogP contribution in [0.4, 0.5) is 22.0 Å². The molecule has 0 aliphatic heterocycles. The minimum atomic E-state index is -4.69. The summed E-state index contributed by atoms with van der Waals surface area (Å²) in [6, 6.07) is 3.61. The molecule has 2 heterocycles. The number of hydrogen-bond donors (Lipinski definition) is 1. The summed E-state index contributed by atoms with van der Waals surface area (Å²) in [5.74, 6) is -4.03. The maximum atomic E-state index is 14.4. The maximum absolute atomic E-state index is 14.4. The molecular weight excluding hydrogens is 409 g/mol. The summed E-state index contributed by atoms with van der Waals surface area (Å²) in [6.07, 6.45) is -1.99. The number of carbonyl (C=O) groups is 1. The number of rotatable bonds is 4. The molecule has 30 heavy (non-hydrogen) atoms. The molecule has 1 N–H and O–H groups in total. The van der Waals surface area contributed by atoms with Crippen molar-refractivity contribution in [3.63, 3.8) is 0 Å². The topological polar surface area (TPSA) is 64.0 Å². The maximum Gasteiger partial charge on any atom is 0.408 e. The van der Waals surface area contributed by atoms with Crippen LogP contribution in [0.2, 0.25) is 0 Å². The zero-order valence-corrected chi connectivity index (χ0v) is 15.2. The Morgan fingerprint density at radius 3 is 2.40 bits per heavy atom. The van der Waals surface area contributed by atoms with Crippen molar-refractivity contribution < 1.29 is 26.7 Å². The first-order chi connectivity index (χ1) is 14.2. The monoisotopic (exact) mass is 423 g/mol. The molecule has 2 aromatic heterocycles. The van der Waals surface area contributed by atoms with Gasteiger partial charge in [0.05, 0.1) is 5.39 Å². The molecule has 0 bridgehead atoms. The number of fused-ring (bicyclic) bond motifs is 1. The fraction of sp³-hybridized carbons (Fsp3) is 0.250. The van der Waals surface area contributed by atoms with Gasteiger partial charge in [0.15, 0.2) is 0 Å². The van der Waals surface area contributed by atoms with Crippen molar-refractivity contribution >= 4 is 16.9 Å². The van der Waals surface area contributed by atoms with E-state index in [-0.39, 0.29) is 11.0 Å². The normalized spacial score (nSPS) is 15.2. The molecular formula is C20H14F5N3O2. The van der Waals surface area contributed by atoms with E-state index in [0.29, 0.717) is 12.8 Å². The average Bonchev–Trinajstić information content (AvgIpc) is 3.51. The van der Waals surface area contributed by atoms with Gasteiger partial charge in [0.1, 0.15) is 34.6 Å². The number of nitrogens with zero attached hydrogens (tertiary/aromatic N) is 2. The van der Waals surface area contributed by atoms with Crippen LogP contribution in [0.5, 0.6) is 0 Å². The van der Waals surface area contributed by atoms with Gasteiger partial charge in [-0.15, -0.1) is 0 Å². The van der Waals surface area contributed by atoms with Gasteiger partial charge in [-0.25, -0.2) is 13.8 Å². The zero-order valence-electron chi connectivity index (χ0n) is 15.2. The molecule has 0 spiro atoms. The molecule has 1 unspecified atom stereocenters. The van der Waals surface area contributed by atoms with Gasteiger partial charge in [-0.05, 0) is 43.0 Å². The largest absolute Gasteiger partial charge is 0.408 e. The first-order valence-corrected chi connectivity index (χ1v) is 9.01. The van der Waals surface area contributed by atoms with Crippen LogP contribution in [0.25, 0.3) is 16.7 Å². The molecule has 1 saturated carbocycles. The van der Waals surface area contributed by atoms with Crippen LogP contribution in [-0.2, 0) is 0 Å². The van der Waals surface area contributed by atoms with Gasteiger partial charge < -0.3 is 5.32 Å². The molecule has 1 fully saturated rings. The minimum Gasteiger partial charge on any atom is -0.340 e. The van der Waals surface area contributed by atoms with Crippen LogP contribution in [0.3, 0.4) is 0 Å². The number of benzene rings is 1. The number of amides is 1. The van der Waals surface area contributed by atoms with E-state index >= 15 is 0 Å². The van der Waals surface area contributed by atoms with Crippen LogP contribution >= 0.6 is 0 Å². The van der Waals surface area contributed by atoms with E-state index in [1.165, 1.54) is 18.3 Å². The molecule has 1 atom stereocenters. The number of nitrogens with one attached hydrogen (secondary N) is 1. The molecule has 4 rings (SSSR count). The van der Waals surface area contributed by atoms with Gasteiger partial charge in [-0.1, -0.05) is 6.07 Å². The van der Waals surface area contributed by atoms with E-state index in [0.717, 1.165) is 29.0 Å². The molecule has 0 saturated heterocycles. The van der Waals surface area contributed by atoms with Crippen LogP contribution in [0.1, 0.15) is 23.2 Å². The minimum absolute atomic E-state index is 0.141. The lowest BCUT2D eigenvalue weighted by molar-refractivity contribution is -0.158. The number of halogens is 5. The average molecular weight is 423 g/mol. The highest BCUT2D eigenvalue weighted by atomic mass is 19.4. The number of pyridine rings is 2. The standard InChI is InChI=1S/C20H14F5N3O2/c21-13-4-1-5-14(22)15(13)28-9-12(16(29)11-3-2-8-26-18(11)28)19(30)27-17(10-6-7-10)20(23,24)25/h1-5,8-10,17H,6-7H2,(H,27,30). The molecule has 10 heteroatoms. The lowest BCUT2D eigenvalue weighted by Crippen LogP contribution is -2.48. The third kappa shape index (κ3) is 3.53.